The Morgan fingerprint density at radius 3 is 2.59 bits per heavy atom. The number of benzene rings is 1. The van der Waals surface area contributed by atoms with E-state index < -0.39 is 22.0 Å². The molecule has 0 N–H and O–H groups in total. The van der Waals surface area contributed by atoms with Crippen molar-refractivity contribution in [2.45, 2.75) is 32.0 Å². The fourth-order valence-electron chi connectivity index (χ4n) is 3.17. The molecule has 2 heterocycles. The Kier molecular flexibility index (Phi) is 5.74. The minimum Gasteiger partial charge on any atom is -0.493 e. The number of nitrogens with zero attached hydrogens (tertiary/aromatic N) is 1. The van der Waals surface area contributed by atoms with E-state index in [1.165, 1.54) is 13.4 Å². The van der Waals surface area contributed by atoms with Crippen LogP contribution < -0.4 is 9.47 Å². The molecule has 0 radical (unpaired) electrons. The lowest BCUT2D eigenvalue weighted by Gasteiger charge is -2.30. The summed E-state index contributed by atoms with van der Waals surface area (Å²) in [6, 6.07) is 10.2. The fourth-order valence-corrected chi connectivity index (χ4v) is 4.90. The number of para-hydroxylation sites is 2. The Morgan fingerprint density at radius 1 is 1.26 bits per heavy atom. The van der Waals surface area contributed by atoms with Gasteiger partial charge < -0.3 is 18.8 Å². The Labute approximate surface area is 158 Å². The molecule has 0 bridgehead atoms. The molecule has 8 heteroatoms. The van der Waals surface area contributed by atoms with Gasteiger partial charge in [0.25, 0.3) is 5.91 Å². The molecular formula is C19H23NO6S. The van der Waals surface area contributed by atoms with Gasteiger partial charge in [0.1, 0.15) is 5.76 Å². The Hall–Kier alpha value is -2.48. The molecule has 0 spiro atoms. The summed E-state index contributed by atoms with van der Waals surface area (Å²) in [6.07, 6.45) is 1.13. The average Bonchev–Trinajstić information content (AvgIpc) is 3.28. The van der Waals surface area contributed by atoms with E-state index in [-0.39, 0.29) is 24.0 Å². The molecular weight excluding hydrogens is 370 g/mol. The molecule has 27 heavy (non-hydrogen) atoms. The second-order valence-electron chi connectivity index (χ2n) is 6.51. The zero-order chi connectivity index (χ0) is 19.4. The van der Waals surface area contributed by atoms with Crippen LogP contribution in [0.25, 0.3) is 0 Å². The van der Waals surface area contributed by atoms with Crippen LogP contribution in [0, 0.1) is 0 Å². The first-order valence-corrected chi connectivity index (χ1v) is 10.5. The van der Waals surface area contributed by atoms with Crippen LogP contribution in [0.5, 0.6) is 11.5 Å². The van der Waals surface area contributed by atoms with Crippen LogP contribution in [0.1, 0.15) is 19.1 Å². The first-order chi connectivity index (χ1) is 12.9. The summed E-state index contributed by atoms with van der Waals surface area (Å²) in [4.78, 5) is 14.6. The quantitative estimate of drug-likeness (QED) is 0.717. The van der Waals surface area contributed by atoms with E-state index in [0.717, 1.165) is 0 Å². The summed E-state index contributed by atoms with van der Waals surface area (Å²) in [7, 11) is -1.60. The number of amides is 1. The number of sulfone groups is 1. The van der Waals surface area contributed by atoms with Gasteiger partial charge in [0.2, 0.25) is 0 Å². The van der Waals surface area contributed by atoms with Crippen LogP contribution in [-0.2, 0) is 21.2 Å². The van der Waals surface area contributed by atoms with E-state index >= 15 is 0 Å². The molecule has 1 saturated heterocycles. The van der Waals surface area contributed by atoms with Crippen molar-refractivity contribution in [1.82, 2.24) is 4.90 Å². The Morgan fingerprint density at radius 2 is 2.00 bits per heavy atom. The van der Waals surface area contributed by atoms with Gasteiger partial charge in [0.15, 0.2) is 27.4 Å². The first-order valence-electron chi connectivity index (χ1n) is 8.72. The number of hydrogen-bond acceptors (Lipinski definition) is 6. The number of carbonyl (C=O) groups excluding carboxylic acids is 1. The van der Waals surface area contributed by atoms with Gasteiger partial charge in [-0.3, -0.25) is 4.79 Å². The van der Waals surface area contributed by atoms with E-state index in [4.69, 9.17) is 13.9 Å². The predicted octanol–water partition coefficient (Wildman–Crippen LogP) is 2.27. The summed E-state index contributed by atoms with van der Waals surface area (Å²) < 4.78 is 40.2. The van der Waals surface area contributed by atoms with Gasteiger partial charge in [-0.25, -0.2) is 8.42 Å². The molecule has 0 aliphatic carbocycles. The Balaban J connectivity index is 1.79. The van der Waals surface area contributed by atoms with Crippen molar-refractivity contribution in [1.29, 1.82) is 0 Å². The summed E-state index contributed by atoms with van der Waals surface area (Å²) in [5.41, 5.74) is 0. The third-order valence-corrected chi connectivity index (χ3v) is 6.31. The second kappa shape index (κ2) is 8.04. The van der Waals surface area contributed by atoms with Crippen molar-refractivity contribution < 1.29 is 27.1 Å². The highest BCUT2D eigenvalue weighted by Gasteiger charge is 2.37. The van der Waals surface area contributed by atoms with Crippen molar-refractivity contribution in [3.63, 3.8) is 0 Å². The monoisotopic (exact) mass is 393 g/mol. The molecule has 1 fully saturated rings. The normalized spacial score (nSPS) is 19.4. The fraction of sp³-hybridized carbons (Fsp3) is 0.421. The molecule has 3 rings (SSSR count). The smallest absolute Gasteiger partial charge is 0.264 e. The van der Waals surface area contributed by atoms with Crippen molar-refractivity contribution in [2.75, 3.05) is 18.6 Å². The van der Waals surface area contributed by atoms with E-state index in [1.54, 1.807) is 42.2 Å². The van der Waals surface area contributed by atoms with E-state index in [2.05, 4.69) is 0 Å². The van der Waals surface area contributed by atoms with Crippen LogP contribution in [0.3, 0.4) is 0 Å². The largest absolute Gasteiger partial charge is 0.493 e. The molecule has 7 nitrogen and oxygen atoms in total. The highest BCUT2D eigenvalue weighted by atomic mass is 32.2. The van der Waals surface area contributed by atoms with Crippen LogP contribution in [-0.4, -0.2) is 50.0 Å². The molecule has 1 aliphatic heterocycles. The number of carbonyl (C=O) groups is 1. The first kappa shape index (κ1) is 19.3. The number of furan rings is 1. The molecule has 0 saturated carbocycles. The van der Waals surface area contributed by atoms with Crippen molar-refractivity contribution in [3.8, 4) is 11.5 Å². The molecule has 1 aromatic heterocycles. The van der Waals surface area contributed by atoms with Crippen LogP contribution >= 0.6 is 0 Å². The lowest BCUT2D eigenvalue weighted by atomic mass is 10.2. The molecule has 146 valence electrons. The standard InChI is InChI=1S/C19H23NO6S/c1-14(26-18-8-4-3-7-17(18)24-2)19(21)20(12-16-6-5-10-25-16)15-9-11-27(22,23)13-15/h3-8,10,14-15H,9,11-13H2,1-2H3/t14-,15+/m0/s1. The van der Waals surface area contributed by atoms with E-state index in [0.29, 0.717) is 23.7 Å². The minimum atomic E-state index is -3.13. The SMILES string of the molecule is COc1ccccc1O[C@@H](C)C(=O)N(Cc1ccco1)[C@@H]1CCS(=O)(=O)C1. The third-order valence-electron chi connectivity index (χ3n) is 4.56. The maximum atomic E-state index is 13.1. The van der Waals surface area contributed by atoms with Gasteiger partial charge in [0, 0.05) is 6.04 Å². The second-order valence-corrected chi connectivity index (χ2v) is 8.74. The average molecular weight is 393 g/mol. The zero-order valence-corrected chi connectivity index (χ0v) is 16.1. The van der Waals surface area contributed by atoms with Gasteiger partial charge in [0.05, 0.1) is 31.4 Å². The predicted molar refractivity (Wildman–Crippen MR) is 99.4 cm³/mol. The molecule has 2 atom stereocenters. The summed E-state index contributed by atoms with van der Waals surface area (Å²) in [5.74, 6) is 1.33. The summed E-state index contributed by atoms with van der Waals surface area (Å²) >= 11 is 0. The van der Waals surface area contributed by atoms with Crippen molar-refractivity contribution in [2.24, 2.45) is 0 Å². The van der Waals surface area contributed by atoms with Crippen molar-refractivity contribution >= 4 is 15.7 Å². The topological polar surface area (TPSA) is 86.1 Å². The Bertz CT molecular complexity index is 877. The highest BCUT2D eigenvalue weighted by Crippen LogP contribution is 2.28. The van der Waals surface area contributed by atoms with Crippen molar-refractivity contribution in [3.05, 3.63) is 48.4 Å². The van der Waals surface area contributed by atoms with Crippen LogP contribution in [0.4, 0.5) is 0 Å². The maximum absolute atomic E-state index is 13.1. The number of rotatable bonds is 7. The molecule has 1 aromatic carbocycles. The molecule has 1 aliphatic rings. The van der Waals surface area contributed by atoms with Gasteiger partial charge in [-0.15, -0.1) is 0 Å². The number of ether oxygens (including phenoxy) is 2. The van der Waals surface area contributed by atoms with Crippen LogP contribution in [0.15, 0.2) is 47.1 Å². The third kappa shape index (κ3) is 4.63. The van der Waals surface area contributed by atoms with E-state index in [9.17, 15) is 13.2 Å². The summed E-state index contributed by atoms with van der Waals surface area (Å²) in [5, 5.41) is 0. The van der Waals surface area contributed by atoms with Crippen LogP contribution in [0.2, 0.25) is 0 Å². The zero-order valence-electron chi connectivity index (χ0n) is 15.3. The number of methoxy groups -OCH3 is 1. The van der Waals surface area contributed by atoms with Gasteiger partial charge in [-0.1, -0.05) is 12.1 Å². The molecule has 0 unspecified atom stereocenters. The van der Waals surface area contributed by atoms with E-state index in [1.807, 2.05) is 6.07 Å². The highest BCUT2D eigenvalue weighted by molar-refractivity contribution is 7.91. The van der Waals surface area contributed by atoms with Gasteiger partial charge in [-0.05, 0) is 37.6 Å². The minimum absolute atomic E-state index is 0.0408. The van der Waals surface area contributed by atoms with Gasteiger partial charge >= 0.3 is 0 Å². The maximum Gasteiger partial charge on any atom is 0.264 e. The summed E-state index contributed by atoms with van der Waals surface area (Å²) in [6.45, 7) is 1.85. The lowest BCUT2D eigenvalue weighted by Crippen LogP contribution is -2.46. The molecule has 2 aromatic rings. The molecule has 1 amide bonds. The lowest BCUT2D eigenvalue weighted by molar-refractivity contribution is -0.141. The van der Waals surface area contributed by atoms with Gasteiger partial charge in [-0.2, -0.15) is 0 Å². The number of hydrogen-bond donors (Lipinski definition) is 0.